The van der Waals surface area contributed by atoms with Gasteiger partial charge in [0, 0.05) is 12.0 Å². The molecule has 0 aromatic heterocycles. The monoisotopic (exact) mass is 347 g/mol. The summed E-state index contributed by atoms with van der Waals surface area (Å²) < 4.78 is 31.6. The van der Waals surface area contributed by atoms with Gasteiger partial charge in [-0.15, -0.1) is 0 Å². The lowest BCUT2D eigenvalue weighted by Crippen LogP contribution is -2.38. The second-order valence-corrected chi connectivity index (χ2v) is 6.14. The average molecular weight is 347 g/mol. The molecule has 2 N–H and O–H groups in total. The zero-order chi connectivity index (χ0) is 18.0. The van der Waals surface area contributed by atoms with Crippen molar-refractivity contribution in [1.82, 2.24) is 5.32 Å². The first-order valence-electron chi connectivity index (χ1n) is 8.11. The van der Waals surface area contributed by atoms with Crippen LogP contribution in [0.1, 0.15) is 36.4 Å². The zero-order valence-corrected chi connectivity index (χ0v) is 13.7. The van der Waals surface area contributed by atoms with Gasteiger partial charge >= 0.3 is 0 Å². The molecule has 25 heavy (non-hydrogen) atoms. The molecule has 3 atom stereocenters. The van der Waals surface area contributed by atoms with Crippen molar-refractivity contribution in [3.8, 4) is 5.75 Å². The molecule has 2 aromatic rings. The fourth-order valence-electron chi connectivity index (χ4n) is 3.14. The standard InChI is InChI=1S/C19H19F2NO3/c1-11(25-13-6-7-16(20)17(21)9-13)19(24)22-18-8-12(10-23)14-4-2-3-5-15(14)18/h2-7,9,11-12,18,23H,8,10H2,1H3,(H,22,24)/t11-,12+,18-/m0/s1. The average Bonchev–Trinajstić information content (AvgIpc) is 2.96. The van der Waals surface area contributed by atoms with Crippen LogP contribution in [0.2, 0.25) is 0 Å². The van der Waals surface area contributed by atoms with Crippen LogP contribution in [0.5, 0.6) is 5.75 Å². The van der Waals surface area contributed by atoms with E-state index in [4.69, 9.17) is 4.74 Å². The van der Waals surface area contributed by atoms with Crippen LogP contribution in [0.15, 0.2) is 42.5 Å². The Hall–Kier alpha value is -2.47. The third-order valence-corrected chi connectivity index (χ3v) is 4.44. The van der Waals surface area contributed by atoms with Gasteiger partial charge in [0.2, 0.25) is 0 Å². The van der Waals surface area contributed by atoms with Crippen molar-refractivity contribution in [2.75, 3.05) is 6.61 Å². The second kappa shape index (κ2) is 7.19. The number of hydrogen-bond donors (Lipinski definition) is 2. The highest BCUT2D eigenvalue weighted by molar-refractivity contribution is 5.81. The molecular formula is C19H19F2NO3. The largest absolute Gasteiger partial charge is 0.481 e. The molecular weight excluding hydrogens is 328 g/mol. The first-order chi connectivity index (χ1) is 12.0. The van der Waals surface area contributed by atoms with Gasteiger partial charge in [-0.25, -0.2) is 8.78 Å². The zero-order valence-electron chi connectivity index (χ0n) is 13.7. The van der Waals surface area contributed by atoms with Gasteiger partial charge in [-0.05, 0) is 36.6 Å². The SMILES string of the molecule is C[C@H](Oc1ccc(F)c(F)c1)C(=O)N[C@H]1C[C@H](CO)c2ccccc21. The molecule has 0 spiro atoms. The van der Waals surface area contributed by atoms with Gasteiger partial charge in [0.1, 0.15) is 5.75 Å². The topological polar surface area (TPSA) is 58.6 Å². The first kappa shape index (κ1) is 17.4. The van der Waals surface area contributed by atoms with E-state index in [0.29, 0.717) is 6.42 Å². The van der Waals surface area contributed by atoms with Crippen molar-refractivity contribution in [1.29, 1.82) is 0 Å². The highest BCUT2D eigenvalue weighted by Gasteiger charge is 2.32. The Bertz CT molecular complexity index is 781. The lowest BCUT2D eigenvalue weighted by atomic mass is 10.0. The fourth-order valence-corrected chi connectivity index (χ4v) is 3.14. The Morgan fingerprint density at radius 3 is 2.64 bits per heavy atom. The highest BCUT2D eigenvalue weighted by atomic mass is 19.2. The molecule has 0 aliphatic heterocycles. The molecule has 1 amide bonds. The van der Waals surface area contributed by atoms with Gasteiger partial charge in [-0.3, -0.25) is 4.79 Å². The molecule has 0 saturated carbocycles. The third kappa shape index (κ3) is 3.64. The summed E-state index contributed by atoms with van der Waals surface area (Å²) in [5.41, 5.74) is 2.01. The summed E-state index contributed by atoms with van der Waals surface area (Å²) in [6.45, 7) is 1.56. The summed E-state index contributed by atoms with van der Waals surface area (Å²) >= 11 is 0. The summed E-state index contributed by atoms with van der Waals surface area (Å²) in [4.78, 5) is 12.4. The minimum Gasteiger partial charge on any atom is -0.481 e. The number of carbonyl (C=O) groups excluding carboxylic acids is 1. The van der Waals surface area contributed by atoms with Crippen molar-refractivity contribution in [2.45, 2.75) is 31.4 Å². The number of ether oxygens (including phenoxy) is 1. The number of nitrogens with one attached hydrogen (secondary N) is 1. The number of fused-ring (bicyclic) bond motifs is 1. The second-order valence-electron chi connectivity index (χ2n) is 6.14. The Balaban J connectivity index is 1.67. The van der Waals surface area contributed by atoms with Crippen LogP contribution in [-0.2, 0) is 4.79 Å². The van der Waals surface area contributed by atoms with Gasteiger partial charge < -0.3 is 15.2 Å². The maximum Gasteiger partial charge on any atom is 0.261 e. The van der Waals surface area contributed by atoms with Crippen molar-refractivity contribution >= 4 is 5.91 Å². The number of hydrogen-bond acceptors (Lipinski definition) is 3. The number of aliphatic hydroxyl groups excluding tert-OH is 1. The Morgan fingerprint density at radius 1 is 1.24 bits per heavy atom. The van der Waals surface area contributed by atoms with Crippen LogP contribution in [0, 0.1) is 11.6 Å². The summed E-state index contributed by atoms with van der Waals surface area (Å²) in [5, 5.41) is 12.4. The maximum absolute atomic E-state index is 13.2. The summed E-state index contributed by atoms with van der Waals surface area (Å²) in [6.07, 6.45) is -0.260. The maximum atomic E-state index is 13.2. The fraction of sp³-hybridized carbons (Fsp3) is 0.316. The normalized spacial score (nSPS) is 20.0. The number of halogens is 2. The Morgan fingerprint density at radius 2 is 1.96 bits per heavy atom. The van der Waals surface area contributed by atoms with Gasteiger partial charge in [0.15, 0.2) is 17.7 Å². The van der Waals surface area contributed by atoms with Gasteiger partial charge in [-0.1, -0.05) is 24.3 Å². The summed E-state index contributed by atoms with van der Waals surface area (Å²) in [5.74, 6) is -2.28. The molecule has 2 aromatic carbocycles. The van der Waals surface area contributed by atoms with Gasteiger partial charge in [-0.2, -0.15) is 0 Å². The number of benzene rings is 2. The molecule has 0 bridgehead atoms. The minimum atomic E-state index is -1.03. The van der Waals surface area contributed by atoms with E-state index in [2.05, 4.69) is 5.32 Å². The molecule has 0 unspecified atom stereocenters. The molecule has 1 aliphatic carbocycles. The van der Waals surface area contributed by atoms with Crippen molar-refractivity contribution < 1.29 is 23.4 Å². The van der Waals surface area contributed by atoms with E-state index in [1.54, 1.807) is 6.92 Å². The van der Waals surface area contributed by atoms with Crippen LogP contribution in [0.4, 0.5) is 8.78 Å². The molecule has 0 radical (unpaired) electrons. The molecule has 0 fully saturated rings. The first-order valence-corrected chi connectivity index (χ1v) is 8.11. The van der Waals surface area contributed by atoms with Crippen molar-refractivity contribution in [3.05, 3.63) is 65.2 Å². The number of amides is 1. The molecule has 3 rings (SSSR count). The molecule has 1 aliphatic rings. The summed E-state index contributed by atoms with van der Waals surface area (Å²) in [6, 6.07) is 10.6. The molecule has 6 heteroatoms. The van der Waals surface area contributed by atoms with Crippen LogP contribution in [0.3, 0.4) is 0 Å². The Kier molecular flexibility index (Phi) is 4.99. The van der Waals surface area contributed by atoms with E-state index in [0.717, 1.165) is 23.3 Å². The Labute approximate surface area is 144 Å². The molecule has 132 valence electrons. The third-order valence-electron chi connectivity index (χ3n) is 4.44. The number of rotatable bonds is 5. The molecule has 4 nitrogen and oxygen atoms in total. The van der Waals surface area contributed by atoms with Crippen LogP contribution < -0.4 is 10.1 Å². The van der Waals surface area contributed by atoms with E-state index < -0.39 is 17.7 Å². The smallest absolute Gasteiger partial charge is 0.261 e. The number of aliphatic hydroxyl groups is 1. The lowest BCUT2D eigenvalue weighted by molar-refractivity contribution is -0.128. The number of carbonyl (C=O) groups is 1. The van der Waals surface area contributed by atoms with Gasteiger partial charge in [0.25, 0.3) is 5.91 Å². The highest BCUT2D eigenvalue weighted by Crippen LogP contribution is 2.39. The predicted molar refractivity (Wildman–Crippen MR) is 88.2 cm³/mol. The summed E-state index contributed by atoms with van der Waals surface area (Å²) in [7, 11) is 0. The van der Waals surface area contributed by atoms with Crippen LogP contribution in [-0.4, -0.2) is 23.7 Å². The van der Waals surface area contributed by atoms with Crippen LogP contribution >= 0.6 is 0 Å². The van der Waals surface area contributed by atoms with E-state index in [1.807, 2.05) is 24.3 Å². The van der Waals surface area contributed by atoms with Crippen LogP contribution in [0.25, 0.3) is 0 Å². The van der Waals surface area contributed by atoms with Crippen molar-refractivity contribution in [2.24, 2.45) is 0 Å². The van der Waals surface area contributed by atoms with Gasteiger partial charge in [0.05, 0.1) is 12.6 Å². The molecule has 0 heterocycles. The van der Waals surface area contributed by atoms with E-state index in [1.165, 1.54) is 6.07 Å². The van der Waals surface area contributed by atoms with Crippen molar-refractivity contribution in [3.63, 3.8) is 0 Å². The predicted octanol–water partition coefficient (Wildman–Crippen LogP) is 3.07. The molecule has 0 saturated heterocycles. The van der Waals surface area contributed by atoms with E-state index in [9.17, 15) is 18.7 Å². The minimum absolute atomic E-state index is 0.0103. The lowest BCUT2D eigenvalue weighted by Gasteiger charge is -2.19. The quantitative estimate of drug-likeness (QED) is 0.874. The van der Waals surface area contributed by atoms with E-state index in [-0.39, 0.29) is 30.2 Å². The van der Waals surface area contributed by atoms with E-state index >= 15 is 0 Å².